The molecule has 5 rings (SSSR count). The summed E-state index contributed by atoms with van der Waals surface area (Å²) in [5.74, 6) is 1.51. The highest BCUT2D eigenvalue weighted by atomic mass is 16.1. The summed E-state index contributed by atoms with van der Waals surface area (Å²) in [4.78, 5) is 28.7. The zero-order valence-corrected chi connectivity index (χ0v) is 19.0. The minimum Gasteiger partial charge on any atom is -0.362 e. The Hall–Kier alpha value is -3.74. The van der Waals surface area contributed by atoms with Crippen LogP contribution in [0.3, 0.4) is 0 Å². The van der Waals surface area contributed by atoms with Gasteiger partial charge in [0.05, 0.1) is 16.6 Å². The maximum absolute atomic E-state index is 12.8. The molecule has 0 radical (unpaired) electrons. The SMILES string of the molecule is C.CN(C)c1nc(NC2CCC(NC(=O)c3cnc4ccccc4c3)CC2)nc2ccccc12. The normalized spacial score (nSPS) is 17.7. The summed E-state index contributed by atoms with van der Waals surface area (Å²) >= 11 is 0. The van der Waals surface area contributed by atoms with Crippen molar-refractivity contribution >= 4 is 39.5 Å². The number of nitrogens with one attached hydrogen (secondary N) is 2. The molecule has 0 saturated heterocycles. The van der Waals surface area contributed by atoms with Crippen molar-refractivity contribution in [3.8, 4) is 0 Å². The summed E-state index contributed by atoms with van der Waals surface area (Å²) in [6.45, 7) is 0. The zero-order valence-electron chi connectivity index (χ0n) is 19.0. The first-order valence-electron chi connectivity index (χ1n) is 11.4. The van der Waals surface area contributed by atoms with Crippen LogP contribution in [-0.4, -0.2) is 47.0 Å². The Balaban J connectivity index is 0.00000274. The maximum Gasteiger partial charge on any atom is 0.253 e. The van der Waals surface area contributed by atoms with E-state index in [-0.39, 0.29) is 25.4 Å². The third-order valence-electron chi connectivity index (χ3n) is 6.26. The Morgan fingerprint density at radius 1 is 0.912 bits per heavy atom. The number of fused-ring (bicyclic) bond motifs is 2. The molecule has 34 heavy (non-hydrogen) atoms. The van der Waals surface area contributed by atoms with Gasteiger partial charge in [-0.25, -0.2) is 4.98 Å². The van der Waals surface area contributed by atoms with Crippen LogP contribution in [0.2, 0.25) is 0 Å². The number of para-hydroxylation sites is 2. The second-order valence-corrected chi connectivity index (χ2v) is 8.87. The summed E-state index contributed by atoms with van der Waals surface area (Å²) in [7, 11) is 4.00. The van der Waals surface area contributed by atoms with E-state index in [0.29, 0.717) is 11.5 Å². The van der Waals surface area contributed by atoms with Crippen LogP contribution in [0, 0.1) is 0 Å². The van der Waals surface area contributed by atoms with Crippen molar-refractivity contribution in [3.05, 3.63) is 66.4 Å². The number of anilines is 2. The van der Waals surface area contributed by atoms with Crippen molar-refractivity contribution in [2.24, 2.45) is 0 Å². The molecule has 1 fully saturated rings. The fourth-order valence-corrected chi connectivity index (χ4v) is 4.49. The van der Waals surface area contributed by atoms with Gasteiger partial charge in [-0.1, -0.05) is 37.8 Å². The van der Waals surface area contributed by atoms with Crippen LogP contribution in [0.15, 0.2) is 60.8 Å². The van der Waals surface area contributed by atoms with Gasteiger partial charge in [0.1, 0.15) is 5.82 Å². The standard InChI is InChI=1S/C26H28N6O.CH4/c1-32(2)24-21-8-4-6-10-23(21)30-26(31-24)29-20-13-11-19(12-14-20)28-25(33)18-15-17-7-3-5-9-22(17)27-16-18;/h3-10,15-16,19-20H,11-14H2,1-2H3,(H,28,33)(H,29,30,31);1H4. The third kappa shape index (κ3) is 4.93. The van der Waals surface area contributed by atoms with Crippen molar-refractivity contribution in [1.29, 1.82) is 0 Å². The molecular weight excluding hydrogens is 424 g/mol. The molecule has 0 atom stereocenters. The van der Waals surface area contributed by atoms with Crippen molar-refractivity contribution in [2.75, 3.05) is 24.3 Å². The summed E-state index contributed by atoms with van der Waals surface area (Å²) in [5, 5.41) is 8.73. The lowest BCUT2D eigenvalue weighted by molar-refractivity contribution is 0.0926. The lowest BCUT2D eigenvalue weighted by Crippen LogP contribution is -2.40. The first-order chi connectivity index (χ1) is 16.1. The van der Waals surface area contributed by atoms with Gasteiger partial charge in [-0.3, -0.25) is 9.78 Å². The first-order valence-corrected chi connectivity index (χ1v) is 11.4. The summed E-state index contributed by atoms with van der Waals surface area (Å²) in [5.41, 5.74) is 2.44. The Bertz CT molecular complexity index is 1300. The van der Waals surface area contributed by atoms with E-state index >= 15 is 0 Å². The highest BCUT2D eigenvalue weighted by Crippen LogP contribution is 2.26. The zero-order chi connectivity index (χ0) is 22.8. The quantitative estimate of drug-likeness (QED) is 0.438. The van der Waals surface area contributed by atoms with Crippen molar-refractivity contribution < 1.29 is 4.79 Å². The number of benzene rings is 2. The Morgan fingerprint density at radius 2 is 1.59 bits per heavy atom. The Labute approximate surface area is 200 Å². The molecule has 2 aromatic carbocycles. The van der Waals surface area contributed by atoms with Gasteiger partial charge in [0, 0.05) is 43.1 Å². The van der Waals surface area contributed by atoms with Crippen LogP contribution >= 0.6 is 0 Å². The predicted octanol–water partition coefficient (Wildman–Crippen LogP) is 5.03. The molecule has 2 aromatic heterocycles. The molecule has 1 amide bonds. The summed E-state index contributed by atoms with van der Waals surface area (Å²) in [6, 6.07) is 18.3. The molecule has 0 spiro atoms. The molecule has 1 aliphatic rings. The summed E-state index contributed by atoms with van der Waals surface area (Å²) < 4.78 is 0. The molecule has 1 aliphatic carbocycles. The second kappa shape index (κ2) is 10.0. The highest BCUT2D eigenvalue weighted by Gasteiger charge is 2.24. The Kier molecular flexibility index (Phi) is 6.91. The lowest BCUT2D eigenvalue weighted by atomic mass is 9.91. The number of hydrogen-bond donors (Lipinski definition) is 2. The predicted molar refractivity (Wildman–Crippen MR) is 139 cm³/mol. The van der Waals surface area contributed by atoms with E-state index in [1.165, 1.54) is 0 Å². The molecule has 1 saturated carbocycles. The van der Waals surface area contributed by atoms with Gasteiger partial charge in [-0.15, -0.1) is 0 Å². The van der Waals surface area contributed by atoms with E-state index < -0.39 is 0 Å². The van der Waals surface area contributed by atoms with Crippen LogP contribution < -0.4 is 15.5 Å². The molecule has 0 aliphatic heterocycles. The number of carbonyl (C=O) groups is 1. The number of rotatable bonds is 5. The molecule has 2 N–H and O–H groups in total. The molecule has 7 heteroatoms. The first kappa shape index (κ1) is 23.4. The van der Waals surface area contributed by atoms with Gasteiger partial charge in [-0.05, 0) is 49.9 Å². The van der Waals surface area contributed by atoms with E-state index in [9.17, 15) is 4.79 Å². The van der Waals surface area contributed by atoms with Gasteiger partial charge < -0.3 is 15.5 Å². The number of hydrogen-bond acceptors (Lipinski definition) is 6. The minimum absolute atomic E-state index is 0. The second-order valence-electron chi connectivity index (χ2n) is 8.87. The largest absolute Gasteiger partial charge is 0.362 e. The molecular formula is C27H32N6O. The Morgan fingerprint density at radius 3 is 2.35 bits per heavy atom. The monoisotopic (exact) mass is 456 g/mol. The highest BCUT2D eigenvalue weighted by molar-refractivity contribution is 5.97. The average Bonchev–Trinajstić information content (AvgIpc) is 2.84. The fraction of sp³-hybridized carbons (Fsp3) is 0.333. The van der Waals surface area contributed by atoms with Crippen molar-refractivity contribution in [2.45, 2.75) is 45.2 Å². The van der Waals surface area contributed by atoms with Crippen molar-refractivity contribution in [3.63, 3.8) is 0 Å². The number of carbonyl (C=O) groups excluding carboxylic acids is 1. The van der Waals surface area contributed by atoms with Gasteiger partial charge in [0.2, 0.25) is 5.95 Å². The fourth-order valence-electron chi connectivity index (χ4n) is 4.49. The molecule has 7 nitrogen and oxygen atoms in total. The van der Waals surface area contributed by atoms with E-state index in [2.05, 4.69) is 15.6 Å². The molecule has 4 aromatic rings. The van der Waals surface area contributed by atoms with Gasteiger partial charge in [0.25, 0.3) is 5.91 Å². The van der Waals surface area contributed by atoms with Crippen LogP contribution in [0.25, 0.3) is 21.8 Å². The van der Waals surface area contributed by atoms with Crippen LogP contribution in [0.1, 0.15) is 43.5 Å². The number of nitrogens with zero attached hydrogens (tertiary/aromatic N) is 4. The van der Waals surface area contributed by atoms with Gasteiger partial charge >= 0.3 is 0 Å². The smallest absolute Gasteiger partial charge is 0.253 e. The molecule has 176 valence electrons. The number of amides is 1. The van der Waals surface area contributed by atoms with Gasteiger partial charge in [-0.2, -0.15) is 4.98 Å². The van der Waals surface area contributed by atoms with Gasteiger partial charge in [0.15, 0.2) is 0 Å². The van der Waals surface area contributed by atoms with E-state index in [0.717, 1.165) is 53.3 Å². The van der Waals surface area contributed by atoms with Crippen LogP contribution in [0.5, 0.6) is 0 Å². The van der Waals surface area contributed by atoms with Crippen LogP contribution in [-0.2, 0) is 0 Å². The minimum atomic E-state index is -0.0573. The summed E-state index contributed by atoms with van der Waals surface area (Å²) in [6.07, 6.45) is 5.39. The molecule has 0 bridgehead atoms. The third-order valence-corrected chi connectivity index (χ3v) is 6.26. The van der Waals surface area contributed by atoms with E-state index in [1.54, 1.807) is 6.20 Å². The van der Waals surface area contributed by atoms with Crippen LogP contribution in [0.4, 0.5) is 11.8 Å². The van der Waals surface area contributed by atoms with Crippen molar-refractivity contribution in [1.82, 2.24) is 20.3 Å². The van der Waals surface area contributed by atoms with E-state index in [1.807, 2.05) is 73.6 Å². The maximum atomic E-state index is 12.8. The van der Waals surface area contributed by atoms with E-state index in [4.69, 9.17) is 9.97 Å². The number of pyridine rings is 1. The topological polar surface area (TPSA) is 83.0 Å². The lowest BCUT2D eigenvalue weighted by Gasteiger charge is -2.30. The molecule has 2 heterocycles. The molecule has 0 unspecified atom stereocenters. The average molecular weight is 457 g/mol. The number of aromatic nitrogens is 3.